The molecule has 8 saturated heterocycles. The Hall–Kier alpha value is -2.12. The number of rotatable bonds is 12. The summed E-state index contributed by atoms with van der Waals surface area (Å²) in [6.45, 7) is 15.1. The maximum absolute atomic E-state index is 6.57. The van der Waals surface area contributed by atoms with Crippen LogP contribution in [0.15, 0.2) is 12.4 Å². The molecule has 2 aliphatic carbocycles. The zero-order valence-electron chi connectivity index (χ0n) is 34.5. The molecule has 0 amide bonds. The Labute approximate surface area is 335 Å². The van der Waals surface area contributed by atoms with E-state index in [1.165, 1.54) is 0 Å². The summed E-state index contributed by atoms with van der Waals surface area (Å²) in [6, 6.07) is 0. The van der Waals surface area contributed by atoms with E-state index in [1.807, 2.05) is 35.6 Å². The highest BCUT2D eigenvalue weighted by Gasteiger charge is 2.71. The lowest BCUT2D eigenvalue weighted by Gasteiger charge is -2.60. The summed E-state index contributed by atoms with van der Waals surface area (Å²) in [7, 11) is 0. The number of aromatic nitrogens is 6. The van der Waals surface area contributed by atoms with E-state index < -0.39 is 47.9 Å². The number of fused-ring (bicyclic) bond motifs is 4. The van der Waals surface area contributed by atoms with Crippen LogP contribution in [0.4, 0.5) is 0 Å². The van der Waals surface area contributed by atoms with Gasteiger partial charge in [-0.25, -0.2) is 19.6 Å². The summed E-state index contributed by atoms with van der Waals surface area (Å²) in [6.07, 6.45) is 13.0. The largest absolute Gasteiger partial charge is 0.346 e. The molecule has 10 heterocycles. The standard InChI is InChI=1S/C41H62N6O10/c1-24-10-12-32-26(3)34(50-36-40(32)30(24)14-16-38(5,52-36)54-56-40)48-22-28-20-46(44-42-28)18-8-7-9-19-47-21-29(43-45-47)23-49-35-27(4)33-13-11-25(2)31-15-17-39(6)53-37(51-35)41(31,33)57-55-39/h20-21,24-27,30-37H,7-19,22-23H2,1-6H3/t24-,25-,26-,27-,30+,31+,32+,33+,34-,35-,36-,37-,38?,39?,40-,41-/m1/s1. The normalized spacial score (nSPS) is 47.3. The fourth-order valence-corrected chi connectivity index (χ4v) is 12.2. The lowest BCUT2D eigenvalue weighted by atomic mass is 9.58. The van der Waals surface area contributed by atoms with Gasteiger partial charge in [-0.15, -0.1) is 10.2 Å². The summed E-state index contributed by atoms with van der Waals surface area (Å²) in [5, 5.41) is 17.5. The molecule has 16 heteroatoms. The minimum absolute atomic E-state index is 0.113. The maximum Gasteiger partial charge on any atom is 0.201 e. The van der Waals surface area contributed by atoms with Crippen molar-refractivity contribution < 1.29 is 48.0 Å². The molecule has 16 nitrogen and oxygen atoms in total. The van der Waals surface area contributed by atoms with Crippen LogP contribution in [0.25, 0.3) is 0 Å². The summed E-state index contributed by atoms with van der Waals surface area (Å²) < 4.78 is 42.6. The number of nitrogens with zero attached hydrogens (tertiary/aromatic N) is 6. The fraction of sp³-hybridized carbons (Fsp3) is 0.902. The predicted octanol–water partition coefficient (Wildman–Crippen LogP) is 6.19. The van der Waals surface area contributed by atoms with Crippen LogP contribution in [-0.4, -0.2) is 77.9 Å². The van der Waals surface area contributed by atoms with Crippen LogP contribution in [0.2, 0.25) is 0 Å². The molecule has 2 saturated carbocycles. The van der Waals surface area contributed by atoms with Gasteiger partial charge in [-0.05, 0) is 95.3 Å². The number of aryl methyl sites for hydroxylation is 2. The Balaban J connectivity index is 0.668. The second kappa shape index (κ2) is 14.8. The zero-order chi connectivity index (χ0) is 39.2. The lowest BCUT2D eigenvalue weighted by molar-refractivity contribution is -0.577. The highest BCUT2D eigenvalue weighted by molar-refractivity contribution is 5.11. The summed E-state index contributed by atoms with van der Waals surface area (Å²) in [5.41, 5.74) is 0.374. The number of unbranched alkanes of at least 4 members (excludes halogenated alkanes) is 2. The third kappa shape index (κ3) is 6.63. The van der Waals surface area contributed by atoms with Gasteiger partial charge < -0.3 is 28.4 Å². The minimum atomic E-state index is -0.804. The average molecular weight is 799 g/mol. The number of hydrogen-bond donors (Lipinski definition) is 0. The quantitative estimate of drug-likeness (QED) is 0.177. The predicted molar refractivity (Wildman–Crippen MR) is 197 cm³/mol. The molecule has 8 aliphatic heterocycles. The van der Waals surface area contributed by atoms with E-state index in [4.69, 9.17) is 48.0 Å². The smallest absolute Gasteiger partial charge is 0.201 e. The lowest BCUT2D eigenvalue weighted by Crippen LogP contribution is -2.70. The van der Waals surface area contributed by atoms with Crippen LogP contribution in [0, 0.1) is 47.3 Å². The van der Waals surface area contributed by atoms with Crippen LogP contribution in [0.3, 0.4) is 0 Å². The Morgan fingerprint density at radius 1 is 0.596 bits per heavy atom. The van der Waals surface area contributed by atoms with Crippen molar-refractivity contribution in [2.45, 2.75) is 186 Å². The molecule has 0 N–H and O–H groups in total. The molecule has 12 rings (SSSR count). The monoisotopic (exact) mass is 798 g/mol. The molecule has 2 aromatic rings. The Bertz CT molecular complexity index is 1630. The summed E-state index contributed by atoms with van der Waals surface area (Å²) >= 11 is 0. The number of ether oxygens (including phenoxy) is 6. The van der Waals surface area contributed by atoms with E-state index in [2.05, 4.69) is 48.3 Å². The third-order valence-electron chi connectivity index (χ3n) is 15.4. The van der Waals surface area contributed by atoms with Crippen molar-refractivity contribution in [2.75, 3.05) is 0 Å². The summed E-state index contributed by atoms with van der Waals surface area (Å²) in [4.78, 5) is 24.4. The van der Waals surface area contributed by atoms with Crippen molar-refractivity contribution in [3.8, 4) is 0 Å². The van der Waals surface area contributed by atoms with Gasteiger partial charge in [0.2, 0.25) is 11.6 Å². The molecular formula is C41H62N6O10. The van der Waals surface area contributed by atoms with Crippen LogP contribution in [0.5, 0.6) is 0 Å². The Morgan fingerprint density at radius 2 is 1.05 bits per heavy atom. The van der Waals surface area contributed by atoms with E-state index in [-0.39, 0.29) is 23.7 Å². The second-order valence-electron chi connectivity index (χ2n) is 19.2. The molecule has 2 unspecified atom stereocenters. The first-order valence-electron chi connectivity index (χ1n) is 21.9. The van der Waals surface area contributed by atoms with Crippen molar-refractivity contribution >= 4 is 0 Å². The maximum atomic E-state index is 6.57. The molecule has 10 fully saturated rings. The highest BCUT2D eigenvalue weighted by Crippen LogP contribution is 2.62. The van der Waals surface area contributed by atoms with E-state index in [9.17, 15) is 0 Å². The van der Waals surface area contributed by atoms with Gasteiger partial charge in [0.05, 0.1) is 25.6 Å². The van der Waals surface area contributed by atoms with E-state index >= 15 is 0 Å². The van der Waals surface area contributed by atoms with Gasteiger partial charge >= 0.3 is 0 Å². The fourth-order valence-electron chi connectivity index (χ4n) is 12.2. The zero-order valence-corrected chi connectivity index (χ0v) is 34.5. The molecule has 2 spiro atoms. The van der Waals surface area contributed by atoms with Crippen molar-refractivity contribution in [1.82, 2.24) is 30.0 Å². The van der Waals surface area contributed by atoms with Gasteiger partial charge in [-0.1, -0.05) is 38.1 Å². The summed E-state index contributed by atoms with van der Waals surface area (Å²) in [5.74, 6) is 0.759. The van der Waals surface area contributed by atoms with Crippen molar-refractivity contribution in [3.05, 3.63) is 23.8 Å². The molecule has 2 aromatic heterocycles. The molecule has 0 radical (unpaired) electrons. The first-order valence-corrected chi connectivity index (χ1v) is 21.9. The SMILES string of the molecule is C[C@H]1[C@H](OCc2cn(CCCCCn3cc(CO[C@@H]4O[C@@H]5OC6(C)CC[C@H]7[C@H](C)CC[C@@H]([C@H]4C)[C@@]57OO6)nn3)nn2)O[C@@H]2OC3(C)CC[C@H]4[C@H](C)CC[C@@H]1[C@@]24OO3. The molecule has 10 aliphatic rings. The van der Waals surface area contributed by atoms with Gasteiger partial charge in [-0.3, -0.25) is 9.36 Å². The van der Waals surface area contributed by atoms with E-state index in [0.717, 1.165) is 95.1 Å². The molecule has 57 heavy (non-hydrogen) atoms. The van der Waals surface area contributed by atoms with Crippen LogP contribution < -0.4 is 0 Å². The van der Waals surface area contributed by atoms with Crippen molar-refractivity contribution in [2.24, 2.45) is 47.3 Å². The second-order valence-corrected chi connectivity index (χ2v) is 19.2. The van der Waals surface area contributed by atoms with Gasteiger partial charge in [0.15, 0.2) is 36.4 Å². The minimum Gasteiger partial charge on any atom is -0.346 e. The van der Waals surface area contributed by atoms with Crippen LogP contribution in [0.1, 0.15) is 124 Å². The highest BCUT2D eigenvalue weighted by atomic mass is 17.3. The molecule has 316 valence electrons. The van der Waals surface area contributed by atoms with Gasteiger partial charge in [0, 0.05) is 49.6 Å². The Morgan fingerprint density at radius 3 is 1.51 bits per heavy atom. The molecule has 16 atom stereocenters. The van der Waals surface area contributed by atoms with Gasteiger partial charge in [-0.2, -0.15) is 0 Å². The third-order valence-corrected chi connectivity index (χ3v) is 15.4. The topological polar surface area (TPSA) is 154 Å². The molecular weight excluding hydrogens is 736 g/mol. The van der Waals surface area contributed by atoms with Crippen LogP contribution >= 0.6 is 0 Å². The van der Waals surface area contributed by atoms with Gasteiger partial charge in [0.25, 0.3) is 0 Å². The first-order chi connectivity index (χ1) is 27.5. The van der Waals surface area contributed by atoms with E-state index in [0.29, 0.717) is 36.9 Å². The molecule has 0 aromatic carbocycles. The average Bonchev–Trinajstić information content (AvgIpc) is 3.71. The van der Waals surface area contributed by atoms with Gasteiger partial charge in [0.1, 0.15) is 11.4 Å². The van der Waals surface area contributed by atoms with Crippen LogP contribution in [-0.2, 0) is 74.3 Å². The van der Waals surface area contributed by atoms with E-state index in [1.54, 1.807) is 0 Å². The Kier molecular flexibility index (Phi) is 10.1. The van der Waals surface area contributed by atoms with Crippen molar-refractivity contribution in [1.29, 1.82) is 0 Å². The first kappa shape index (κ1) is 39.0. The molecule has 4 bridgehead atoms. The van der Waals surface area contributed by atoms with Crippen molar-refractivity contribution in [3.63, 3.8) is 0 Å². The number of hydrogen-bond acceptors (Lipinski definition) is 14.